The molecular formula is C15H17FN2S. The summed E-state index contributed by atoms with van der Waals surface area (Å²) >= 11 is 5.33. The van der Waals surface area contributed by atoms with Crippen molar-refractivity contribution in [2.75, 3.05) is 0 Å². The van der Waals surface area contributed by atoms with Crippen molar-refractivity contribution in [3.05, 3.63) is 57.4 Å². The number of hydrogen-bond acceptors (Lipinski definition) is 2. The van der Waals surface area contributed by atoms with E-state index in [4.69, 9.17) is 12.2 Å². The van der Waals surface area contributed by atoms with Crippen LogP contribution in [0.2, 0.25) is 0 Å². The molecule has 0 saturated carbocycles. The summed E-state index contributed by atoms with van der Waals surface area (Å²) in [6, 6.07) is 6.73. The molecule has 1 heterocycles. The van der Waals surface area contributed by atoms with Crippen LogP contribution in [0.4, 0.5) is 4.39 Å². The number of nitrogens with zero attached hydrogens (tertiary/aromatic N) is 1. The van der Waals surface area contributed by atoms with Crippen molar-refractivity contribution in [3.63, 3.8) is 0 Å². The van der Waals surface area contributed by atoms with Crippen LogP contribution in [0.15, 0.2) is 24.3 Å². The molecule has 0 radical (unpaired) electrons. The first-order valence-corrected chi connectivity index (χ1v) is 6.73. The summed E-state index contributed by atoms with van der Waals surface area (Å²) in [7, 11) is 0. The zero-order valence-corrected chi connectivity index (χ0v) is 12.1. The molecule has 0 aliphatic heterocycles. The fraction of sp³-hybridized carbons (Fsp3) is 0.333. The van der Waals surface area contributed by atoms with Crippen molar-refractivity contribution in [3.8, 4) is 0 Å². The Bertz CT molecular complexity index is 647. The van der Waals surface area contributed by atoms with Crippen LogP contribution in [0.25, 0.3) is 0 Å². The van der Waals surface area contributed by atoms with Crippen molar-refractivity contribution >= 4 is 12.2 Å². The molecule has 19 heavy (non-hydrogen) atoms. The number of halogens is 1. The highest BCUT2D eigenvalue weighted by molar-refractivity contribution is 7.71. The molecule has 0 aliphatic carbocycles. The largest absolute Gasteiger partial charge is 0.347 e. The van der Waals surface area contributed by atoms with Crippen LogP contribution >= 0.6 is 12.2 Å². The smallest absolute Gasteiger partial charge is 0.133 e. The van der Waals surface area contributed by atoms with Gasteiger partial charge < -0.3 is 4.98 Å². The molecule has 2 rings (SSSR count). The molecule has 1 N–H and O–H groups in total. The van der Waals surface area contributed by atoms with Crippen molar-refractivity contribution in [2.45, 2.75) is 33.1 Å². The number of aryl methyl sites for hydroxylation is 1. The van der Waals surface area contributed by atoms with Crippen LogP contribution < -0.4 is 0 Å². The first-order chi connectivity index (χ1) is 8.99. The average Bonchev–Trinajstić information content (AvgIpc) is 2.30. The number of rotatable bonds is 3. The molecule has 0 aliphatic rings. The van der Waals surface area contributed by atoms with Gasteiger partial charge in [0.25, 0.3) is 0 Å². The molecule has 0 bridgehead atoms. The van der Waals surface area contributed by atoms with Gasteiger partial charge in [0, 0.05) is 17.7 Å². The van der Waals surface area contributed by atoms with Crippen LogP contribution in [0.1, 0.15) is 42.4 Å². The number of hydrogen-bond donors (Lipinski definition) is 1. The molecule has 1 aromatic carbocycles. The highest BCUT2D eigenvalue weighted by Gasteiger charge is 2.10. The Morgan fingerprint density at radius 3 is 2.58 bits per heavy atom. The van der Waals surface area contributed by atoms with Crippen LogP contribution in [0.5, 0.6) is 0 Å². The van der Waals surface area contributed by atoms with Gasteiger partial charge in [-0.1, -0.05) is 44.3 Å². The van der Waals surface area contributed by atoms with E-state index in [-0.39, 0.29) is 5.82 Å². The Hall–Kier alpha value is -1.55. The number of H-pyrrole nitrogens is 1. The third-order valence-electron chi connectivity index (χ3n) is 3.10. The van der Waals surface area contributed by atoms with Gasteiger partial charge >= 0.3 is 0 Å². The second kappa shape index (κ2) is 5.61. The van der Waals surface area contributed by atoms with Gasteiger partial charge in [0.05, 0.1) is 0 Å². The lowest BCUT2D eigenvalue weighted by atomic mass is 10.0. The molecule has 0 atom stereocenters. The molecule has 0 fully saturated rings. The lowest BCUT2D eigenvalue weighted by Gasteiger charge is -2.12. The van der Waals surface area contributed by atoms with Gasteiger partial charge in [-0.15, -0.1) is 0 Å². The first-order valence-electron chi connectivity index (χ1n) is 6.32. The Morgan fingerprint density at radius 1 is 1.32 bits per heavy atom. The SMILES string of the molecule is Cc1[nH]c(Cc2ccccc2F)nc(=S)c1C(C)C. The highest BCUT2D eigenvalue weighted by Crippen LogP contribution is 2.19. The Kier molecular flexibility index (Phi) is 4.10. The Morgan fingerprint density at radius 2 is 2.00 bits per heavy atom. The van der Waals surface area contributed by atoms with Crippen LogP contribution in [-0.2, 0) is 6.42 Å². The summed E-state index contributed by atoms with van der Waals surface area (Å²) in [6.45, 7) is 6.16. The predicted octanol–water partition coefficient (Wildman–Crippen LogP) is 4.30. The minimum atomic E-state index is -0.214. The summed E-state index contributed by atoms with van der Waals surface area (Å²) in [4.78, 5) is 7.61. The molecular weight excluding hydrogens is 259 g/mol. The normalized spacial score (nSPS) is 11.0. The van der Waals surface area contributed by atoms with Gasteiger partial charge in [-0.3, -0.25) is 0 Å². The van der Waals surface area contributed by atoms with Crippen LogP contribution in [0, 0.1) is 17.4 Å². The minimum absolute atomic E-state index is 0.214. The van der Waals surface area contributed by atoms with E-state index in [1.165, 1.54) is 6.07 Å². The van der Waals surface area contributed by atoms with E-state index in [1.54, 1.807) is 12.1 Å². The molecule has 1 aromatic heterocycles. The highest BCUT2D eigenvalue weighted by atomic mass is 32.1. The zero-order chi connectivity index (χ0) is 14.0. The van der Waals surface area contributed by atoms with E-state index in [0.29, 0.717) is 28.4 Å². The van der Waals surface area contributed by atoms with Crippen molar-refractivity contribution in [2.24, 2.45) is 0 Å². The fourth-order valence-electron chi connectivity index (χ4n) is 2.24. The molecule has 100 valence electrons. The Balaban J connectivity index is 2.38. The number of aromatic nitrogens is 2. The van der Waals surface area contributed by atoms with Gasteiger partial charge in [0.2, 0.25) is 0 Å². The van der Waals surface area contributed by atoms with E-state index in [1.807, 2.05) is 13.0 Å². The molecule has 4 heteroatoms. The van der Waals surface area contributed by atoms with Gasteiger partial charge in [0.15, 0.2) is 0 Å². The summed E-state index contributed by atoms with van der Waals surface area (Å²) in [5.41, 5.74) is 2.70. The Labute approximate surface area is 117 Å². The van der Waals surface area contributed by atoms with Crippen LogP contribution in [-0.4, -0.2) is 9.97 Å². The van der Waals surface area contributed by atoms with Crippen LogP contribution in [0.3, 0.4) is 0 Å². The number of nitrogens with one attached hydrogen (secondary N) is 1. The number of aromatic amines is 1. The summed E-state index contributed by atoms with van der Waals surface area (Å²) in [5.74, 6) is 0.824. The standard InChI is InChI=1S/C15H17FN2S/c1-9(2)14-10(3)17-13(18-15(14)19)8-11-6-4-5-7-12(11)16/h4-7,9H,8H2,1-3H3,(H,17,18,19). The molecule has 0 amide bonds. The van der Waals surface area contributed by atoms with Crippen molar-refractivity contribution < 1.29 is 4.39 Å². The summed E-state index contributed by atoms with van der Waals surface area (Å²) in [6.07, 6.45) is 0.426. The lowest BCUT2D eigenvalue weighted by Crippen LogP contribution is -2.05. The van der Waals surface area contributed by atoms with E-state index in [9.17, 15) is 4.39 Å². The third kappa shape index (κ3) is 3.07. The topological polar surface area (TPSA) is 28.7 Å². The average molecular weight is 276 g/mol. The number of benzene rings is 1. The molecule has 2 nitrogen and oxygen atoms in total. The second-order valence-corrected chi connectivity index (χ2v) is 5.34. The molecule has 0 saturated heterocycles. The van der Waals surface area contributed by atoms with Gasteiger partial charge in [-0.25, -0.2) is 9.37 Å². The maximum Gasteiger partial charge on any atom is 0.133 e. The zero-order valence-electron chi connectivity index (χ0n) is 11.3. The fourth-order valence-corrected chi connectivity index (χ4v) is 2.74. The van der Waals surface area contributed by atoms with E-state index in [0.717, 1.165) is 11.3 Å². The van der Waals surface area contributed by atoms with Gasteiger partial charge in [-0.2, -0.15) is 0 Å². The molecule has 0 unspecified atom stereocenters. The lowest BCUT2D eigenvalue weighted by molar-refractivity contribution is 0.611. The second-order valence-electron chi connectivity index (χ2n) is 4.95. The molecule has 2 aromatic rings. The van der Waals surface area contributed by atoms with Crippen molar-refractivity contribution in [1.82, 2.24) is 9.97 Å². The maximum absolute atomic E-state index is 13.6. The van der Waals surface area contributed by atoms with Gasteiger partial charge in [-0.05, 0) is 24.5 Å². The summed E-state index contributed by atoms with van der Waals surface area (Å²) < 4.78 is 14.2. The molecule has 0 spiro atoms. The van der Waals surface area contributed by atoms with Crippen molar-refractivity contribution in [1.29, 1.82) is 0 Å². The van der Waals surface area contributed by atoms with E-state index >= 15 is 0 Å². The van der Waals surface area contributed by atoms with E-state index < -0.39 is 0 Å². The quantitative estimate of drug-likeness (QED) is 0.847. The van der Waals surface area contributed by atoms with Gasteiger partial charge in [0.1, 0.15) is 16.3 Å². The third-order valence-corrected chi connectivity index (χ3v) is 3.41. The minimum Gasteiger partial charge on any atom is -0.347 e. The monoisotopic (exact) mass is 276 g/mol. The first kappa shape index (κ1) is 13.9. The summed E-state index contributed by atoms with van der Waals surface area (Å²) in [5, 5.41) is 0. The maximum atomic E-state index is 13.6. The predicted molar refractivity (Wildman–Crippen MR) is 77.5 cm³/mol. The van der Waals surface area contributed by atoms with E-state index in [2.05, 4.69) is 23.8 Å².